The van der Waals surface area contributed by atoms with Gasteiger partial charge in [-0.05, 0) is 35.8 Å². The van der Waals surface area contributed by atoms with E-state index in [9.17, 15) is 13.2 Å². The summed E-state index contributed by atoms with van der Waals surface area (Å²) in [7, 11) is -4.14. The van der Waals surface area contributed by atoms with Crippen molar-refractivity contribution in [3.05, 3.63) is 33.6 Å². The number of imidazole rings is 1. The second-order valence-electron chi connectivity index (χ2n) is 4.80. The molecule has 0 saturated heterocycles. The number of aromatic nitrogens is 4. The fourth-order valence-electron chi connectivity index (χ4n) is 2.06. The molecule has 2 amide bonds. The van der Waals surface area contributed by atoms with Gasteiger partial charge in [0.1, 0.15) is 4.60 Å². The second kappa shape index (κ2) is 6.11. The molecule has 0 fully saturated rings. The summed E-state index contributed by atoms with van der Waals surface area (Å²) in [6, 6.07) is 0.772. The van der Waals surface area contributed by atoms with E-state index in [1.54, 1.807) is 31.5 Å². The van der Waals surface area contributed by atoms with Crippen LogP contribution in [0.25, 0.3) is 4.96 Å². The lowest BCUT2D eigenvalue weighted by atomic mass is 10.4. The predicted octanol–water partition coefficient (Wildman–Crippen LogP) is 2.08. The minimum Gasteiger partial charge on any atom is -0.278 e. The molecule has 24 heavy (non-hydrogen) atoms. The van der Waals surface area contributed by atoms with Crippen LogP contribution in [0.15, 0.2) is 27.3 Å². The van der Waals surface area contributed by atoms with Crippen molar-refractivity contribution in [3.63, 3.8) is 0 Å². The normalized spacial score (nSPS) is 11.6. The lowest BCUT2D eigenvalue weighted by Crippen LogP contribution is -2.35. The number of sulfonamides is 1. The number of aryl methyl sites for hydroxylation is 2. The number of fused-ring (bicyclic) bond motifs is 1. The van der Waals surface area contributed by atoms with E-state index in [1.807, 2.05) is 4.72 Å². The molecule has 0 spiro atoms. The van der Waals surface area contributed by atoms with Crippen molar-refractivity contribution in [3.8, 4) is 0 Å². The van der Waals surface area contributed by atoms with Crippen LogP contribution in [0.4, 0.5) is 10.7 Å². The zero-order chi connectivity index (χ0) is 17.5. The van der Waals surface area contributed by atoms with E-state index >= 15 is 0 Å². The van der Waals surface area contributed by atoms with Gasteiger partial charge in [0.25, 0.3) is 10.0 Å². The maximum Gasteiger partial charge on any atom is 0.335 e. The van der Waals surface area contributed by atoms with Gasteiger partial charge in [-0.2, -0.15) is 8.42 Å². The Balaban J connectivity index is 1.85. The van der Waals surface area contributed by atoms with Gasteiger partial charge in [-0.25, -0.2) is 24.5 Å². The summed E-state index contributed by atoms with van der Waals surface area (Å²) in [5, 5.41) is 3.84. The van der Waals surface area contributed by atoms with E-state index in [4.69, 9.17) is 0 Å². The first-order chi connectivity index (χ1) is 11.3. The number of nitrogens with zero attached hydrogens (tertiary/aromatic N) is 4. The number of rotatable bonds is 3. The molecule has 0 aromatic carbocycles. The number of anilines is 1. The highest BCUT2D eigenvalue weighted by Gasteiger charge is 2.27. The van der Waals surface area contributed by atoms with Crippen LogP contribution in [0, 0.1) is 13.8 Å². The van der Waals surface area contributed by atoms with Crippen LogP contribution in [-0.2, 0) is 10.0 Å². The van der Waals surface area contributed by atoms with Gasteiger partial charge in [-0.3, -0.25) is 9.72 Å². The van der Waals surface area contributed by atoms with Gasteiger partial charge >= 0.3 is 6.03 Å². The lowest BCUT2D eigenvalue weighted by Gasteiger charge is -2.08. The molecule has 3 aromatic rings. The molecule has 9 nitrogen and oxygen atoms in total. The third-order valence-corrected chi connectivity index (χ3v) is 5.79. The summed E-state index contributed by atoms with van der Waals surface area (Å²) in [4.78, 5) is 24.6. The molecule has 0 aliphatic carbocycles. The molecule has 3 heterocycles. The smallest absolute Gasteiger partial charge is 0.278 e. The number of carbonyl (C=O) groups is 1. The fraction of sp³-hybridized carbons (Fsp3) is 0.167. The van der Waals surface area contributed by atoms with Gasteiger partial charge in [-0.15, -0.1) is 11.3 Å². The quantitative estimate of drug-likeness (QED) is 0.656. The van der Waals surface area contributed by atoms with Crippen molar-refractivity contribution in [2.24, 2.45) is 0 Å². The Bertz CT molecular complexity index is 1020. The number of carbonyl (C=O) groups excluding carboxylic acids is 1. The molecule has 3 rings (SSSR count). The summed E-state index contributed by atoms with van der Waals surface area (Å²) in [6.45, 7) is 3.48. The van der Waals surface area contributed by atoms with Crippen LogP contribution in [0.1, 0.15) is 11.4 Å². The van der Waals surface area contributed by atoms with E-state index in [1.165, 1.54) is 15.7 Å². The Morgan fingerprint density at radius 2 is 1.92 bits per heavy atom. The Labute approximate surface area is 149 Å². The minimum absolute atomic E-state index is 0.0215. The van der Waals surface area contributed by atoms with Crippen LogP contribution in [-0.4, -0.2) is 33.8 Å². The average Bonchev–Trinajstić information content (AvgIpc) is 2.95. The standard InChI is InChI=1S/C12H11BrN6O3S2/c1-6-5-7(2)15-10(14-6)17-11(20)18-24(21,22)9-8(13)16-12-19(9)3-4-23-12/h3-5H,1-2H3,(H2,14,15,17,18,20). The first kappa shape index (κ1) is 16.8. The maximum atomic E-state index is 12.5. The fourth-order valence-corrected chi connectivity index (χ4v) is 5.01. The van der Waals surface area contributed by atoms with Crippen molar-refractivity contribution < 1.29 is 13.2 Å². The highest BCUT2D eigenvalue weighted by molar-refractivity contribution is 9.10. The zero-order valence-electron chi connectivity index (χ0n) is 12.4. The molecule has 0 unspecified atom stereocenters. The Kier molecular flexibility index (Phi) is 4.27. The molecule has 3 aromatic heterocycles. The molecule has 2 N–H and O–H groups in total. The summed E-state index contributed by atoms with van der Waals surface area (Å²) < 4.78 is 28.3. The molecule has 0 saturated carbocycles. The second-order valence-corrected chi connectivity index (χ2v) is 8.02. The van der Waals surface area contributed by atoms with Crippen LogP contribution in [0.5, 0.6) is 0 Å². The molecular formula is C12H11BrN6O3S2. The third-order valence-electron chi connectivity index (χ3n) is 2.87. The average molecular weight is 431 g/mol. The van der Waals surface area contributed by atoms with Gasteiger partial charge in [0.05, 0.1) is 0 Å². The van der Waals surface area contributed by atoms with Crippen molar-refractivity contribution in [1.82, 2.24) is 24.1 Å². The number of thiazole rings is 1. The number of hydrogen-bond acceptors (Lipinski definition) is 7. The monoisotopic (exact) mass is 430 g/mol. The van der Waals surface area contributed by atoms with Gasteiger partial charge < -0.3 is 0 Å². The van der Waals surface area contributed by atoms with Crippen molar-refractivity contribution >= 4 is 54.2 Å². The summed E-state index contributed by atoms with van der Waals surface area (Å²) in [6.07, 6.45) is 1.55. The largest absolute Gasteiger partial charge is 0.335 e. The van der Waals surface area contributed by atoms with Crippen molar-refractivity contribution in [1.29, 1.82) is 0 Å². The lowest BCUT2D eigenvalue weighted by molar-refractivity contribution is 0.256. The highest BCUT2D eigenvalue weighted by atomic mass is 79.9. The van der Waals surface area contributed by atoms with E-state index in [0.717, 1.165) is 0 Å². The molecule has 0 radical (unpaired) electrons. The molecule has 0 aliphatic heterocycles. The molecule has 126 valence electrons. The van der Waals surface area contributed by atoms with Crippen LogP contribution in [0.2, 0.25) is 0 Å². The molecule has 0 bridgehead atoms. The molecule has 0 atom stereocenters. The summed E-state index contributed by atoms with van der Waals surface area (Å²) in [5.41, 5.74) is 1.30. The molecular weight excluding hydrogens is 420 g/mol. The van der Waals surface area contributed by atoms with Gasteiger partial charge in [0.2, 0.25) is 5.95 Å². The molecule has 12 heteroatoms. The minimum atomic E-state index is -4.14. The van der Waals surface area contributed by atoms with Crippen LogP contribution < -0.4 is 10.0 Å². The Morgan fingerprint density at radius 3 is 2.58 bits per heavy atom. The third kappa shape index (κ3) is 3.25. The topological polar surface area (TPSA) is 118 Å². The number of urea groups is 1. The Morgan fingerprint density at radius 1 is 1.25 bits per heavy atom. The summed E-state index contributed by atoms with van der Waals surface area (Å²) in [5.74, 6) is 0.0215. The first-order valence-corrected chi connectivity index (χ1v) is 9.69. The number of nitrogens with one attached hydrogen (secondary N) is 2. The number of amides is 2. The van der Waals surface area contributed by atoms with Crippen molar-refractivity contribution in [2.45, 2.75) is 18.9 Å². The van der Waals surface area contributed by atoms with Crippen molar-refractivity contribution in [2.75, 3.05) is 5.32 Å². The van der Waals surface area contributed by atoms with Gasteiger partial charge in [-0.1, -0.05) is 0 Å². The first-order valence-electron chi connectivity index (χ1n) is 6.53. The van der Waals surface area contributed by atoms with E-state index in [0.29, 0.717) is 16.3 Å². The van der Waals surface area contributed by atoms with E-state index in [-0.39, 0.29) is 15.6 Å². The molecule has 0 aliphatic rings. The predicted molar refractivity (Wildman–Crippen MR) is 91.6 cm³/mol. The summed E-state index contributed by atoms with van der Waals surface area (Å²) >= 11 is 4.37. The van der Waals surface area contributed by atoms with E-state index in [2.05, 4.69) is 36.2 Å². The SMILES string of the molecule is Cc1cc(C)nc(NC(=O)NS(=O)(=O)c2c(Br)nc3sccn23)n1. The number of hydrogen-bond donors (Lipinski definition) is 2. The van der Waals surface area contributed by atoms with E-state index < -0.39 is 16.1 Å². The van der Waals surface area contributed by atoms with Crippen LogP contribution >= 0.6 is 27.3 Å². The maximum absolute atomic E-state index is 12.5. The number of halogens is 1. The van der Waals surface area contributed by atoms with Gasteiger partial charge in [0.15, 0.2) is 9.99 Å². The van der Waals surface area contributed by atoms with Crippen LogP contribution in [0.3, 0.4) is 0 Å². The highest BCUT2D eigenvalue weighted by Crippen LogP contribution is 2.25. The Hall–Kier alpha value is -2.05. The zero-order valence-corrected chi connectivity index (χ0v) is 15.7. The van der Waals surface area contributed by atoms with Gasteiger partial charge in [0, 0.05) is 23.0 Å².